The van der Waals surface area contributed by atoms with E-state index in [0.717, 1.165) is 25.6 Å². The molecule has 0 N–H and O–H groups in total. The fraction of sp³-hybridized carbons (Fsp3) is 1.00. The van der Waals surface area contributed by atoms with E-state index in [1.54, 1.807) is 4.31 Å². The zero-order valence-corrected chi connectivity index (χ0v) is 11.0. The maximum atomic E-state index is 11.7. The Morgan fingerprint density at radius 2 is 1.75 bits per heavy atom. The minimum Gasteiger partial charge on any atom is -0.300 e. The van der Waals surface area contributed by atoms with Gasteiger partial charge in [0.2, 0.25) is 10.0 Å². The average Bonchev–Trinajstić information content (AvgIpc) is 3.02. The number of rotatable bonds is 5. The highest BCUT2D eigenvalue weighted by molar-refractivity contribution is 7.89. The maximum absolute atomic E-state index is 11.7. The summed E-state index contributed by atoms with van der Waals surface area (Å²) in [5.41, 5.74) is 0. The number of alkyl halides is 1. The van der Waals surface area contributed by atoms with Crippen LogP contribution in [0.15, 0.2) is 0 Å². The van der Waals surface area contributed by atoms with Gasteiger partial charge in [-0.05, 0) is 18.8 Å². The Hall–Kier alpha value is 0.160. The first-order chi connectivity index (χ1) is 7.62. The van der Waals surface area contributed by atoms with Crippen molar-refractivity contribution in [3.05, 3.63) is 0 Å². The highest BCUT2D eigenvalue weighted by atomic mass is 35.5. The number of halogens is 1. The number of nitrogens with zero attached hydrogens (tertiary/aromatic N) is 2. The molecule has 0 atom stereocenters. The Morgan fingerprint density at radius 3 is 2.25 bits per heavy atom. The van der Waals surface area contributed by atoms with E-state index in [0.29, 0.717) is 13.1 Å². The summed E-state index contributed by atoms with van der Waals surface area (Å²) in [5, 5.41) is 0. The molecule has 0 aromatic carbocycles. The van der Waals surface area contributed by atoms with Crippen molar-refractivity contribution in [3.63, 3.8) is 0 Å². The fourth-order valence-corrected chi connectivity index (χ4v) is 3.84. The Morgan fingerprint density at radius 1 is 1.12 bits per heavy atom. The summed E-state index contributed by atoms with van der Waals surface area (Å²) in [5.74, 6) is 1.13. The van der Waals surface area contributed by atoms with Crippen LogP contribution in [0.2, 0.25) is 0 Å². The first kappa shape index (κ1) is 12.6. The summed E-state index contributed by atoms with van der Waals surface area (Å²) in [7, 11) is -3.09. The Balaban J connectivity index is 1.79. The van der Waals surface area contributed by atoms with Crippen molar-refractivity contribution in [3.8, 4) is 0 Å². The van der Waals surface area contributed by atoms with Crippen LogP contribution in [0.3, 0.4) is 0 Å². The highest BCUT2D eigenvalue weighted by Crippen LogP contribution is 2.30. The highest BCUT2D eigenvalue weighted by Gasteiger charge is 2.29. The minimum absolute atomic E-state index is 0.0666. The van der Waals surface area contributed by atoms with Gasteiger partial charge in [-0.1, -0.05) is 0 Å². The van der Waals surface area contributed by atoms with Crippen LogP contribution in [0.1, 0.15) is 12.8 Å². The second kappa shape index (κ2) is 5.21. The summed E-state index contributed by atoms with van der Waals surface area (Å²) in [6.45, 7) is 4.16. The molecule has 0 aromatic rings. The van der Waals surface area contributed by atoms with E-state index in [4.69, 9.17) is 11.6 Å². The third kappa shape index (κ3) is 3.32. The van der Waals surface area contributed by atoms with Crippen molar-refractivity contribution in [1.82, 2.24) is 9.21 Å². The van der Waals surface area contributed by atoms with Gasteiger partial charge in [-0.2, -0.15) is 4.31 Å². The van der Waals surface area contributed by atoms with Gasteiger partial charge >= 0.3 is 0 Å². The van der Waals surface area contributed by atoms with Crippen LogP contribution in [-0.4, -0.2) is 62.0 Å². The van der Waals surface area contributed by atoms with Crippen molar-refractivity contribution in [2.24, 2.45) is 5.92 Å². The summed E-state index contributed by atoms with van der Waals surface area (Å²) >= 11 is 5.49. The molecule has 2 rings (SSSR count). The lowest BCUT2D eigenvalue weighted by molar-refractivity contribution is 0.182. The third-order valence-corrected chi connectivity index (χ3v) is 5.56. The van der Waals surface area contributed by atoms with E-state index >= 15 is 0 Å². The van der Waals surface area contributed by atoms with Crippen LogP contribution in [0.5, 0.6) is 0 Å². The quantitative estimate of drug-likeness (QED) is 0.684. The molecule has 0 aromatic heterocycles. The molecule has 1 saturated carbocycles. The van der Waals surface area contributed by atoms with Crippen LogP contribution >= 0.6 is 11.6 Å². The minimum atomic E-state index is -3.09. The predicted molar refractivity (Wildman–Crippen MR) is 65.2 cm³/mol. The van der Waals surface area contributed by atoms with Gasteiger partial charge in [0.25, 0.3) is 0 Å². The largest absolute Gasteiger partial charge is 0.300 e. The van der Waals surface area contributed by atoms with Crippen LogP contribution in [-0.2, 0) is 10.0 Å². The van der Waals surface area contributed by atoms with Crippen molar-refractivity contribution < 1.29 is 8.42 Å². The molecule has 4 nitrogen and oxygen atoms in total. The molecular weight excluding hydrogens is 248 g/mol. The van der Waals surface area contributed by atoms with Gasteiger partial charge in [0.15, 0.2) is 0 Å². The summed E-state index contributed by atoms with van der Waals surface area (Å²) in [6.07, 6.45) is 2.70. The average molecular weight is 267 g/mol. The standard InChI is InChI=1S/C10H19ClN2O2S/c11-3-8-16(14,15)13-6-4-12(5-7-13)9-10-1-2-10/h10H,1-9H2. The topological polar surface area (TPSA) is 40.6 Å². The summed E-state index contributed by atoms with van der Waals surface area (Å²) in [4.78, 5) is 2.38. The smallest absolute Gasteiger partial charge is 0.215 e. The predicted octanol–water partition coefficient (Wildman–Crippen LogP) is 0.583. The molecule has 2 fully saturated rings. The molecule has 1 saturated heterocycles. The van der Waals surface area contributed by atoms with Gasteiger partial charge in [-0.3, -0.25) is 0 Å². The van der Waals surface area contributed by atoms with E-state index in [1.165, 1.54) is 12.8 Å². The molecule has 1 aliphatic carbocycles. The van der Waals surface area contributed by atoms with Crippen LogP contribution in [0, 0.1) is 5.92 Å². The van der Waals surface area contributed by atoms with E-state index in [1.807, 2.05) is 0 Å². The van der Waals surface area contributed by atoms with Crippen molar-refractivity contribution in [2.45, 2.75) is 12.8 Å². The van der Waals surface area contributed by atoms with Gasteiger partial charge in [0, 0.05) is 38.6 Å². The van der Waals surface area contributed by atoms with Crippen LogP contribution in [0.25, 0.3) is 0 Å². The van der Waals surface area contributed by atoms with Gasteiger partial charge in [0.05, 0.1) is 5.75 Å². The molecule has 0 unspecified atom stereocenters. The molecule has 1 heterocycles. The van der Waals surface area contributed by atoms with Crippen molar-refractivity contribution in [1.29, 1.82) is 0 Å². The maximum Gasteiger partial charge on any atom is 0.215 e. The van der Waals surface area contributed by atoms with Crippen LogP contribution in [0.4, 0.5) is 0 Å². The van der Waals surface area contributed by atoms with E-state index in [9.17, 15) is 8.42 Å². The normalized spacial score (nSPS) is 24.8. The molecule has 16 heavy (non-hydrogen) atoms. The van der Waals surface area contributed by atoms with E-state index < -0.39 is 10.0 Å². The van der Waals surface area contributed by atoms with E-state index in [-0.39, 0.29) is 11.6 Å². The fourth-order valence-electron chi connectivity index (χ4n) is 2.08. The Bertz CT molecular complexity index is 322. The lowest BCUT2D eigenvalue weighted by Gasteiger charge is -2.33. The van der Waals surface area contributed by atoms with E-state index in [2.05, 4.69) is 4.90 Å². The molecular formula is C10H19ClN2O2S. The number of hydrogen-bond acceptors (Lipinski definition) is 3. The monoisotopic (exact) mass is 266 g/mol. The third-order valence-electron chi connectivity index (χ3n) is 3.27. The molecule has 6 heteroatoms. The van der Waals surface area contributed by atoms with Gasteiger partial charge in [0.1, 0.15) is 0 Å². The number of sulfonamides is 1. The summed E-state index contributed by atoms with van der Waals surface area (Å²) < 4.78 is 25.1. The molecule has 2 aliphatic rings. The van der Waals surface area contributed by atoms with Gasteiger partial charge in [-0.15, -0.1) is 11.6 Å². The Labute approximate surface area is 103 Å². The van der Waals surface area contributed by atoms with Crippen molar-refractivity contribution >= 4 is 21.6 Å². The number of piperazine rings is 1. The second-order valence-electron chi connectivity index (χ2n) is 4.65. The van der Waals surface area contributed by atoms with Crippen molar-refractivity contribution in [2.75, 3.05) is 44.4 Å². The molecule has 0 bridgehead atoms. The summed E-state index contributed by atoms with van der Waals surface area (Å²) in [6, 6.07) is 0. The molecule has 0 radical (unpaired) electrons. The zero-order valence-electron chi connectivity index (χ0n) is 9.44. The van der Waals surface area contributed by atoms with Crippen LogP contribution < -0.4 is 0 Å². The van der Waals surface area contributed by atoms with Gasteiger partial charge < -0.3 is 4.90 Å². The second-order valence-corrected chi connectivity index (χ2v) is 7.11. The molecule has 94 valence electrons. The molecule has 0 spiro atoms. The molecule has 1 aliphatic heterocycles. The van der Waals surface area contributed by atoms with Gasteiger partial charge in [-0.25, -0.2) is 8.42 Å². The number of hydrogen-bond donors (Lipinski definition) is 0. The SMILES string of the molecule is O=S(=O)(CCCl)N1CCN(CC2CC2)CC1. The first-order valence-corrected chi connectivity index (χ1v) is 8.02. The molecule has 0 amide bonds. The zero-order chi connectivity index (χ0) is 11.6. The first-order valence-electron chi connectivity index (χ1n) is 5.88. The lowest BCUT2D eigenvalue weighted by atomic mass is 10.3. The Kier molecular flexibility index (Phi) is 4.11. The lowest BCUT2D eigenvalue weighted by Crippen LogP contribution is -2.49.